The van der Waals surface area contributed by atoms with E-state index in [0.717, 1.165) is 18.5 Å². The molecule has 0 radical (unpaired) electrons. The molecular weight excluding hydrogens is 150 g/mol. The van der Waals surface area contributed by atoms with E-state index in [-0.39, 0.29) is 0 Å². The summed E-state index contributed by atoms with van der Waals surface area (Å²) < 4.78 is 0. The van der Waals surface area contributed by atoms with Crippen molar-refractivity contribution in [2.24, 2.45) is 0 Å². The lowest BCUT2D eigenvalue weighted by Gasteiger charge is -1.91. The van der Waals surface area contributed by atoms with E-state index in [2.05, 4.69) is 21.4 Å². The summed E-state index contributed by atoms with van der Waals surface area (Å²) in [6, 6.07) is 0. The van der Waals surface area contributed by atoms with Crippen LogP contribution in [-0.2, 0) is 0 Å². The van der Waals surface area contributed by atoms with Gasteiger partial charge in [0.15, 0.2) is 0 Å². The monoisotopic (exact) mass is 163 g/mol. The molecule has 0 atom stereocenters. The van der Waals surface area contributed by atoms with Crippen LogP contribution in [0.25, 0.3) is 6.08 Å². The minimum atomic E-state index is 1.00. The summed E-state index contributed by atoms with van der Waals surface area (Å²) >= 11 is 0. The van der Waals surface area contributed by atoms with Gasteiger partial charge in [0.1, 0.15) is 6.33 Å². The zero-order valence-electron chi connectivity index (χ0n) is 7.20. The molecule has 0 aliphatic carbocycles. The molecule has 3 heteroatoms. The molecule has 1 N–H and O–H groups in total. The number of nitrogens with one attached hydrogen (secondary N) is 1. The van der Waals surface area contributed by atoms with Crippen LogP contribution >= 0.6 is 0 Å². The molecule has 1 aromatic heterocycles. The maximum absolute atomic E-state index is 3.91. The highest BCUT2D eigenvalue weighted by atomic mass is 14.8. The minimum Gasteiger partial charge on any atom is -0.319 e. The fourth-order valence-corrected chi connectivity index (χ4v) is 0.844. The Morgan fingerprint density at radius 1 is 1.42 bits per heavy atom. The van der Waals surface area contributed by atoms with Gasteiger partial charge in [-0.1, -0.05) is 12.2 Å². The molecule has 0 aliphatic heterocycles. The Bertz CT molecular complexity index is 231. The van der Waals surface area contributed by atoms with E-state index in [1.165, 1.54) is 6.33 Å². The molecule has 3 nitrogen and oxygen atoms in total. The quantitative estimate of drug-likeness (QED) is 0.675. The summed E-state index contributed by atoms with van der Waals surface area (Å²) in [5, 5.41) is 3.07. The first-order valence-corrected chi connectivity index (χ1v) is 3.99. The zero-order chi connectivity index (χ0) is 8.65. The first-order chi connectivity index (χ1) is 5.93. The van der Waals surface area contributed by atoms with E-state index in [9.17, 15) is 0 Å². The van der Waals surface area contributed by atoms with Crippen molar-refractivity contribution < 1.29 is 0 Å². The summed E-state index contributed by atoms with van der Waals surface area (Å²) in [6.07, 6.45) is 10.3. The standard InChI is InChI=1S/C9H13N3/c1-10-5-3-2-4-9-6-11-8-12-7-9/h2,4,6-8,10H,3,5H2,1H3. The van der Waals surface area contributed by atoms with Crippen molar-refractivity contribution in [1.82, 2.24) is 15.3 Å². The smallest absolute Gasteiger partial charge is 0.115 e. The molecular formula is C9H13N3. The van der Waals surface area contributed by atoms with Crippen molar-refractivity contribution in [3.8, 4) is 0 Å². The number of aromatic nitrogens is 2. The molecule has 0 saturated carbocycles. The molecule has 0 spiro atoms. The van der Waals surface area contributed by atoms with Gasteiger partial charge in [-0.2, -0.15) is 0 Å². The number of rotatable bonds is 4. The third kappa shape index (κ3) is 3.25. The van der Waals surface area contributed by atoms with Gasteiger partial charge in [0, 0.05) is 18.0 Å². The fourth-order valence-electron chi connectivity index (χ4n) is 0.844. The first kappa shape index (κ1) is 8.87. The highest BCUT2D eigenvalue weighted by Crippen LogP contribution is 1.96. The normalized spacial score (nSPS) is 10.8. The molecule has 0 unspecified atom stereocenters. The Balaban J connectivity index is 2.36. The van der Waals surface area contributed by atoms with Gasteiger partial charge in [0.2, 0.25) is 0 Å². The van der Waals surface area contributed by atoms with Gasteiger partial charge < -0.3 is 5.32 Å². The maximum Gasteiger partial charge on any atom is 0.115 e. The van der Waals surface area contributed by atoms with E-state index >= 15 is 0 Å². The van der Waals surface area contributed by atoms with E-state index in [0.29, 0.717) is 0 Å². The Labute approximate surface area is 72.6 Å². The highest BCUT2D eigenvalue weighted by molar-refractivity contribution is 5.45. The lowest BCUT2D eigenvalue weighted by Crippen LogP contribution is -2.05. The number of nitrogens with zero attached hydrogens (tertiary/aromatic N) is 2. The fraction of sp³-hybridized carbons (Fsp3) is 0.333. The Kier molecular flexibility index (Phi) is 4.02. The molecule has 0 amide bonds. The Morgan fingerprint density at radius 2 is 2.17 bits per heavy atom. The largest absolute Gasteiger partial charge is 0.319 e. The number of hydrogen-bond donors (Lipinski definition) is 1. The molecule has 12 heavy (non-hydrogen) atoms. The van der Waals surface area contributed by atoms with Gasteiger partial charge in [-0.05, 0) is 20.0 Å². The van der Waals surface area contributed by atoms with Gasteiger partial charge >= 0.3 is 0 Å². The molecule has 0 aromatic carbocycles. The van der Waals surface area contributed by atoms with Gasteiger partial charge in [0.05, 0.1) is 0 Å². The predicted octanol–water partition coefficient (Wildman–Crippen LogP) is 1.10. The Morgan fingerprint density at radius 3 is 2.83 bits per heavy atom. The average Bonchev–Trinajstić information content (AvgIpc) is 2.14. The van der Waals surface area contributed by atoms with Gasteiger partial charge in [-0.15, -0.1) is 0 Å². The second-order valence-electron chi connectivity index (χ2n) is 2.47. The average molecular weight is 163 g/mol. The molecule has 1 aromatic rings. The number of hydrogen-bond acceptors (Lipinski definition) is 3. The SMILES string of the molecule is CNCCC=Cc1cncnc1. The highest BCUT2D eigenvalue weighted by Gasteiger charge is 1.83. The van der Waals surface area contributed by atoms with Crippen LogP contribution in [0.15, 0.2) is 24.8 Å². The van der Waals surface area contributed by atoms with Crippen molar-refractivity contribution in [2.45, 2.75) is 6.42 Å². The van der Waals surface area contributed by atoms with Crippen molar-refractivity contribution in [3.05, 3.63) is 30.4 Å². The van der Waals surface area contributed by atoms with E-state index < -0.39 is 0 Å². The van der Waals surface area contributed by atoms with Crippen LogP contribution in [-0.4, -0.2) is 23.6 Å². The topological polar surface area (TPSA) is 37.8 Å². The summed E-state index contributed by atoms with van der Waals surface area (Å²) in [5.74, 6) is 0. The van der Waals surface area contributed by atoms with Gasteiger partial charge in [-0.3, -0.25) is 0 Å². The summed E-state index contributed by atoms with van der Waals surface area (Å²) in [6.45, 7) is 1.00. The molecule has 0 bridgehead atoms. The van der Waals surface area contributed by atoms with Crippen LogP contribution in [0.1, 0.15) is 12.0 Å². The van der Waals surface area contributed by atoms with Gasteiger partial charge in [-0.25, -0.2) is 9.97 Å². The molecule has 0 aliphatic rings. The van der Waals surface area contributed by atoms with Crippen LogP contribution in [0.5, 0.6) is 0 Å². The lowest BCUT2D eigenvalue weighted by molar-refractivity contribution is 0.809. The van der Waals surface area contributed by atoms with Crippen molar-refractivity contribution in [1.29, 1.82) is 0 Å². The lowest BCUT2D eigenvalue weighted by atomic mass is 10.3. The molecule has 0 fully saturated rings. The summed E-state index contributed by atoms with van der Waals surface area (Å²) in [4.78, 5) is 7.81. The van der Waals surface area contributed by atoms with Crippen LogP contribution in [0, 0.1) is 0 Å². The van der Waals surface area contributed by atoms with Crippen LogP contribution in [0.3, 0.4) is 0 Å². The van der Waals surface area contributed by atoms with Crippen molar-refractivity contribution >= 4 is 6.08 Å². The second kappa shape index (κ2) is 5.43. The summed E-state index contributed by atoms with van der Waals surface area (Å²) in [5.41, 5.74) is 1.05. The van der Waals surface area contributed by atoms with Crippen molar-refractivity contribution in [3.63, 3.8) is 0 Å². The van der Waals surface area contributed by atoms with Crippen LogP contribution in [0.2, 0.25) is 0 Å². The molecule has 1 rings (SSSR count). The van der Waals surface area contributed by atoms with Crippen LogP contribution in [0.4, 0.5) is 0 Å². The first-order valence-electron chi connectivity index (χ1n) is 3.99. The third-order valence-electron chi connectivity index (χ3n) is 1.45. The minimum absolute atomic E-state index is 1.00. The van der Waals surface area contributed by atoms with Gasteiger partial charge in [0.25, 0.3) is 0 Å². The molecule has 0 saturated heterocycles. The predicted molar refractivity (Wildman–Crippen MR) is 49.6 cm³/mol. The Hall–Kier alpha value is -1.22. The third-order valence-corrected chi connectivity index (χ3v) is 1.45. The second-order valence-corrected chi connectivity index (χ2v) is 2.47. The van der Waals surface area contributed by atoms with E-state index in [1.807, 2.05) is 13.1 Å². The van der Waals surface area contributed by atoms with Crippen molar-refractivity contribution in [2.75, 3.05) is 13.6 Å². The molecule has 1 heterocycles. The van der Waals surface area contributed by atoms with E-state index in [1.54, 1.807) is 12.4 Å². The maximum atomic E-state index is 3.91. The molecule has 64 valence electrons. The summed E-state index contributed by atoms with van der Waals surface area (Å²) in [7, 11) is 1.94. The van der Waals surface area contributed by atoms with E-state index in [4.69, 9.17) is 0 Å². The van der Waals surface area contributed by atoms with Crippen LogP contribution < -0.4 is 5.32 Å². The zero-order valence-corrected chi connectivity index (χ0v) is 7.20.